The minimum atomic E-state index is -1.18. The number of carbonyl (C=O) groups excluding carboxylic acids is 3. The zero-order chi connectivity index (χ0) is 20.7. The van der Waals surface area contributed by atoms with Gasteiger partial charge in [-0.1, -0.05) is 18.6 Å². The molecule has 156 valence electrons. The smallest absolute Gasteiger partial charge is 0.341 e. The number of rotatable bonds is 5. The number of carboxylic acids is 1. The van der Waals surface area contributed by atoms with E-state index in [2.05, 4.69) is 5.32 Å². The monoisotopic (exact) mass is 416 g/mol. The summed E-state index contributed by atoms with van der Waals surface area (Å²) in [5.74, 6) is -3.65. The summed E-state index contributed by atoms with van der Waals surface area (Å²) in [4.78, 5) is 38.7. The first-order valence-electron chi connectivity index (χ1n) is 10.4. The van der Waals surface area contributed by atoms with E-state index in [0.717, 1.165) is 42.5 Å². The molecule has 2 bridgehead atoms. The van der Waals surface area contributed by atoms with Crippen molar-refractivity contribution in [1.82, 2.24) is 0 Å². The van der Waals surface area contributed by atoms with Crippen LogP contribution in [0.1, 0.15) is 60.3 Å². The molecular weight excluding hydrogens is 390 g/mol. The van der Waals surface area contributed by atoms with E-state index in [1.54, 1.807) is 13.8 Å². The molecule has 7 heteroatoms. The Kier molecular flexibility index (Phi) is 5.51. The van der Waals surface area contributed by atoms with Crippen LogP contribution in [0.3, 0.4) is 0 Å². The maximum atomic E-state index is 13.1. The van der Waals surface area contributed by atoms with Gasteiger partial charge in [0.05, 0.1) is 17.6 Å². The van der Waals surface area contributed by atoms with Crippen molar-refractivity contribution in [3.63, 3.8) is 0 Å². The third-order valence-electron chi connectivity index (χ3n) is 6.24. The third kappa shape index (κ3) is 3.72. The van der Waals surface area contributed by atoms with E-state index in [1.165, 1.54) is 11.3 Å². The number of amides is 1. The lowest BCUT2D eigenvalue weighted by Gasteiger charge is -2.27. The molecule has 4 rings (SSSR count). The lowest BCUT2D eigenvalue weighted by atomic mass is 9.82. The first-order chi connectivity index (χ1) is 13.9. The Labute approximate surface area is 174 Å². The summed E-state index contributed by atoms with van der Waals surface area (Å²) in [6.45, 7) is 3.60. The van der Waals surface area contributed by atoms with Crippen LogP contribution in [0.15, 0.2) is 12.2 Å². The van der Waals surface area contributed by atoms with Crippen LogP contribution in [0.5, 0.6) is 0 Å². The molecule has 3 aliphatic carbocycles. The number of allylic oxidation sites excluding steroid dienone is 2. The summed E-state index contributed by atoms with van der Waals surface area (Å²) >= 11 is 1.43. The molecule has 1 heterocycles. The van der Waals surface area contributed by atoms with Crippen LogP contribution in [-0.2, 0) is 27.2 Å². The standard InChI is InChI=1S/C22H27NO5S/c1-11(2)28-22(27)18-14-6-4-3-5-7-15(14)29-20(18)23-19(24)16-12-8-9-13(10-12)17(16)21(25)26/h8-9,11-13,16-17H,3-7,10H2,1-2H3,(H,23,24)(H,25,26)/p-1/t12-,13-,16+,17-/m0/s1. The zero-order valence-corrected chi connectivity index (χ0v) is 17.6. The first kappa shape index (κ1) is 20.1. The summed E-state index contributed by atoms with van der Waals surface area (Å²) in [6.07, 6.45) is 9.09. The van der Waals surface area contributed by atoms with E-state index in [4.69, 9.17) is 4.74 Å². The molecule has 29 heavy (non-hydrogen) atoms. The van der Waals surface area contributed by atoms with Crippen molar-refractivity contribution in [2.45, 2.75) is 58.5 Å². The SMILES string of the molecule is CC(C)OC(=O)c1c(NC(=O)[C@H]2[C@@H](C(=O)[O-])[C@H]3C=C[C@H]2C3)sc2c1CCCCC2. The average Bonchev–Trinajstić information content (AvgIpc) is 3.30. The van der Waals surface area contributed by atoms with Gasteiger partial charge in [-0.3, -0.25) is 4.79 Å². The highest BCUT2D eigenvalue weighted by atomic mass is 32.1. The van der Waals surface area contributed by atoms with E-state index in [9.17, 15) is 19.5 Å². The molecule has 0 radical (unpaired) electrons. The third-order valence-corrected chi connectivity index (χ3v) is 7.45. The van der Waals surface area contributed by atoms with Crippen LogP contribution in [0, 0.1) is 23.7 Å². The Hall–Kier alpha value is -2.15. The number of aryl methyl sites for hydroxylation is 1. The number of thiophene rings is 1. The van der Waals surface area contributed by atoms with Gasteiger partial charge in [-0.2, -0.15) is 0 Å². The van der Waals surface area contributed by atoms with E-state index in [0.29, 0.717) is 17.0 Å². The van der Waals surface area contributed by atoms with Crippen LogP contribution >= 0.6 is 11.3 Å². The van der Waals surface area contributed by atoms with Crippen LogP contribution < -0.4 is 10.4 Å². The minimum absolute atomic E-state index is 0.0910. The average molecular weight is 417 g/mol. The molecule has 0 unspecified atom stereocenters. The lowest BCUT2D eigenvalue weighted by molar-refractivity contribution is -0.313. The Balaban J connectivity index is 1.64. The van der Waals surface area contributed by atoms with Crippen LogP contribution in [0.25, 0.3) is 0 Å². The number of aliphatic carboxylic acids is 1. The number of carboxylic acid groups (broad SMARTS) is 1. The number of esters is 1. The van der Waals surface area contributed by atoms with Gasteiger partial charge in [0.15, 0.2) is 0 Å². The predicted octanol–water partition coefficient (Wildman–Crippen LogP) is 2.71. The van der Waals surface area contributed by atoms with Crippen LogP contribution in [0.4, 0.5) is 5.00 Å². The van der Waals surface area contributed by atoms with Crippen molar-refractivity contribution in [2.75, 3.05) is 5.32 Å². The van der Waals surface area contributed by atoms with Crippen molar-refractivity contribution < 1.29 is 24.2 Å². The molecule has 0 spiro atoms. The van der Waals surface area contributed by atoms with E-state index < -0.39 is 23.8 Å². The fraction of sp³-hybridized carbons (Fsp3) is 0.591. The Morgan fingerprint density at radius 3 is 2.48 bits per heavy atom. The van der Waals surface area contributed by atoms with Gasteiger partial charge in [0.25, 0.3) is 0 Å². The van der Waals surface area contributed by atoms with Gasteiger partial charge in [-0.25, -0.2) is 4.79 Å². The summed E-state index contributed by atoms with van der Waals surface area (Å²) in [6, 6.07) is 0. The largest absolute Gasteiger partial charge is 0.550 e. The highest BCUT2D eigenvalue weighted by Crippen LogP contribution is 2.48. The quantitative estimate of drug-likeness (QED) is 0.452. The summed E-state index contributed by atoms with van der Waals surface area (Å²) in [5.41, 5.74) is 1.44. The molecule has 4 atom stereocenters. The van der Waals surface area contributed by atoms with Gasteiger partial charge in [0.2, 0.25) is 5.91 Å². The van der Waals surface area contributed by atoms with Crippen LogP contribution in [-0.4, -0.2) is 23.9 Å². The summed E-state index contributed by atoms with van der Waals surface area (Å²) < 4.78 is 5.46. The van der Waals surface area contributed by atoms with Gasteiger partial charge < -0.3 is 20.0 Å². The molecule has 3 aliphatic rings. The number of ether oxygens (including phenoxy) is 1. The molecule has 6 nitrogen and oxygen atoms in total. The van der Waals surface area contributed by atoms with Gasteiger partial charge in [0.1, 0.15) is 5.00 Å². The van der Waals surface area contributed by atoms with Gasteiger partial charge in [-0.15, -0.1) is 11.3 Å². The summed E-state index contributed by atoms with van der Waals surface area (Å²) in [5, 5.41) is 15.1. The molecule has 1 N–H and O–H groups in total. The number of hydrogen-bond donors (Lipinski definition) is 1. The Bertz CT molecular complexity index is 871. The van der Waals surface area contributed by atoms with Crippen molar-refractivity contribution >= 4 is 34.2 Å². The van der Waals surface area contributed by atoms with Gasteiger partial charge in [-0.05, 0) is 63.4 Å². The maximum absolute atomic E-state index is 13.1. The van der Waals surface area contributed by atoms with Crippen molar-refractivity contribution in [1.29, 1.82) is 0 Å². The molecule has 0 saturated heterocycles. The highest BCUT2D eigenvalue weighted by molar-refractivity contribution is 7.17. The molecule has 1 aromatic heterocycles. The van der Waals surface area contributed by atoms with Crippen molar-refractivity contribution in [3.05, 3.63) is 28.2 Å². The van der Waals surface area contributed by atoms with E-state index in [1.807, 2.05) is 12.2 Å². The second-order valence-corrected chi connectivity index (χ2v) is 9.64. The molecule has 0 aliphatic heterocycles. The van der Waals surface area contributed by atoms with E-state index >= 15 is 0 Å². The summed E-state index contributed by atoms with van der Waals surface area (Å²) in [7, 11) is 0. The molecule has 1 amide bonds. The fourth-order valence-corrected chi connectivity index (χ4v) is 6.30. The van der Waals surface area contributed by atoms with Crippen molar-refractivity contribution in [3.8, 4) is 0 Å². The van der Waals surface area contributed by atoms with Crippen molar-refractivity contribution in [2.24, 2.45) is 23.7 Å². The number of nitrogens with one attached hydrogen (secondary N) is 1. The van der Waals surface area contributed by atoms with Gasteiger partial charge in [0, 0.05) is 16.8 Å². The van der Waals surface area contributed by atoms with E-state index in [-0.39, 0.29) is 23.8 Å². The van der Waals surface area contributed by atoms with Crippen LogP contribution in [0.2, 0.25) is 0 Å². The lowest BCUT2D eigenvalue weighted by Crippen LogP contribution is -2.42. The zero-order valence-electron chi connectivity index (χ0n) is 16.7. The number of hydrogen-bond acceptors (Lipinski definition) is 6. The topological polar surface area (TPSA) is 95.5 Å². The number of carbonyl (C=O) groups is 3. The number of anilines is 1. The first-order valence-corrected chi connectivity index (χ1v) is 11.2. The second kappa shape index (κ2) is 7.94. The normalized spacial score (nSPS) is 27.6. The number of fused-ring (bicyclic) bond motifs is 3. The van der Waals surface area contributed by atoms with Gasteiger partial charge >= 0.3 is 5.97 Å². The molecular formula is C22H26NO5S-. The predicted molar refractivity (Wildman–Crippen MR) is 107 cm³/mol. The molecule has 0 aromatic carbocycles. The fourth-order valence-electron chi connectivity index (χ4n) is 5.02. The molecule has 1 saturated carbocycles. The minimum Gasteiger partial charge on any atom is -0.550 e. The maximum Gasteiger partial charge on any atom is 0.341 e. The Morgan fingerprint density at radius 1 is 1.10 bits per heavy atom. The second-order valence-electron chi connectivity index (χ2n) is 8.53. The Morgan fingerprint density at radius 2 is 1.79 bits per heavy atom. The molecule has 1 aromatic rings. The highest BCUT2D eigenvalue weighted by Gasteiger charge is 2.49. The molecule has 1 fully saturated rings.